The standard InChI is InChI=1S/C23H23O.ClHO4/c1-17-12-14-19(15-13-17)23-21-11-7-3-6-10-20(21)16-22(24-23)18-8-4-2-5-9-18;2-1(3,4)5/h2,4-5,8-9,12-16H,3,6-7,10-11H2,1H3;(H,2,3,4,5)/q+1;/p-1. The van der Waals surface area contributed by atoms with E-state index < -0.39 is 10.2 Å². The van der Waals surface area contributed by atoms with Crippen LogP contribution < -0.4 is 18.6 Å². The molecule has 0 radical (unpaired) electrons. The van der Waals surface area contributed by atoms with Crippen molar-refractivity contribution in [3.05, 3.63) is 77.4 Å². The van der Waals surface area contributed by atoms with Gasteiger partial charge in [-0.05, 0) is 62.4 Å². The van der Waals surface area contributed by atoms with E-state index in [4.69, 9.17) is 23.1 Å². The van der Waals surface area contributed by atoms with Gasteiger partial charge in [0.15, 0.2) is 0 Å². The van der Waals surface area contributed by atoms with Gasteiger partial charge < -0.3 is 0 Å². The van der Waals surface area contributed by atoms with Gasteiger partial charge in [0.2, 0.25) is 0 Å². The summed E-state index contributed by atoms with van der Waals surface area (Å²) < 4.78 is 40.4. The molecule has 0 aliphatic heterocycles. The van der Waals surface area contributed by atoms with Crippen LogP contribution in [-0.4, -0.2) is 0 Å². The number of benzene rings is 2. The average Bonchev–Trinajstić information content (AvgIpc) is 2.93. The zero-order valence-corrected chi connectivity index (χ0v) is 17.0. The van der Waals surface area contributed by atoms with Crippen LogP contribution in [0.3, 0.4) is 0 Å². The van der Waals surface area contributed by atoms with E-state index in [1.807, 2.05) is 6.07 Å². The third-order valence-corrected chi connectivity index (χ3v) is 4.92. The van der Waals surface area contributed by atoms with Crippen molar-refractivity contribution >= 4 is 0 Å². The number of fused-ring (bicyclic) bond motifs is 1. The van der Waals surface area contributed by atoms with E-state index >= 15 is 0 Å². The molecule has 0 fully saturated rings. The van der Waals surface area contributed by atoms with Crippen LogP contribution in [0.25, 0.3) is 22.6 Å². The molecule has 1 aliphatic carbocycles. The van der Waals surface area contributed by atoms with Gasteiger partial charge in [-0.15, -0.1) is 10.2 Å². The second kappa shape index (κ2) is 9.48. The minimum Gasteiger partial charge on any atom is -0.222 e. The molecular weight excluding hydrogens is 392 g/mol. The molecule has 1 heterocycles. The predicted molar refractivity (Wildman–Crippen MR) is 100.0 cm³/mol. The molecular formula is C23H23ClO5. The maximum Gasteiger partial charge on any atom is 0.364 e. The number of hydrogen-bond donors (Lipinski definition) is 0. The number of aryl methyl sites for hydroxylation is 2. The molecule has 0 saturated carbocycles. The quantitative estimate of drug-likeness (QED) is 0.469. The van der Waals surface area contributed by atoms with E-state index in [0.29, 0.717) is 0 Å². The van der Waals surface area contributed by atoms with Crippen LogP contribution >= 0.6 is 0 Å². The van der Waals surface area contributed by atoms with Crippen LogP contribution in [0.5, 0.6) is 0 Å². The Kier molecular flexibility index (Phi) is 7.00. The molecule has 4 rings (SSSR count). The highest BCUT2D eigenvalue weighted by Crippen LogP contribution is 2.35. The Hall–Kier alpha value is -2.28. The first-order valence-electron chi connectivity index (χ1n) is 9.54. The zero-order chi connectivity index (χ0) is 20.9. The highest BCUT2D eigenvalue weighted by Gasteiger charge is 2.27. The van der Waals surface area contributed by atoms with Crippen LogP contribution in [0.2, 0.25) is 0 Å². The Labute approximate surface area is 172 Å². The van der Waals surface area contributed by atoms with Crippen molar-refractivity contribution in [3.8, 4) is 22.6 Å². The fourth-order valence-corrected chi connectivity index (χ4v) is 3.57. The molecule has 0 N–H and O–H groups in total. The summed E-state index contributed by atoms with van der Waals surface area (Å²) in [6.45, 7) is 2.13. The maximum atomic E-state index is 8.49. The Bertz CT molecular complexity index is 928. The lowest BCUT2D eigenvalue weighted by molar-refractivity contribution is -2.00. The lowest BCUT2D eigenvalue weighted by atomic mass is 9.96. The summed E-state index contributed by atoms with van der Waals surface area (Å²) in [7, 11) is -4.94. The van der Waals surface area contributed by atoms with Gasteiger partial charge in [-0.25, -0.2) is 23.1 Å². The molecule has 152 valence electrons. The molecule has 0 spiro atoms. The van der Waals surface area contributed by atoms with E-state index in [1.54, 1.807) is 0 Å². The van der Waals surface area contributed by atoms with Crippen LogP contribution in [0, 0.1) is 17.2 Å². The summed E-state index contributed by atoms with van der Waals surface area (Å²) in [6.07, 6.45) is 6.12. The number of halogens is 1. The van der Waals surface area contributed by atoms with Crippen molar-refractivity contribution in [3.63, 3.8) is 0 Å². The first-order valence-corrected chi connectivity index (χ1v) is 10.8. The van der Waals surface area contributed by atoms with Gasteiger partial charge in [0.05, 0.1) is 16.7 Å². The first kappa shape index (κ1) is 21.4. The smallest absolute Gasteiger partial charge is 0.222 e. The molecule has 2 aromatic carbocycles. The monoisotopic (exact) mass is 414 g/mol. The second-order valence-electron chi connectivity index (χ2n) is 7.11. The molecule has 1 aromatic heterocycles. The lowest BCUT2D eigenvalue weighted by Gasteiger charge is -2.17. The summed E-state index contributed by atoms with van der Waals surface area (Å²) in [5, 5.41) is 0. The van der Waals surface area contributed by atoms with E-state index in [0.717, 1.165) is 29.9 Å². The summed E-state index contributed by atoms with van der Waals surface area (Å²) in [5.41, 5.74) is 6.50. The molecule has 0 bridgehead atoms. The highest BCUT2D eigenvalue weighted by atomic mass is 35.7. The Balaban J connectivity index is 0.000000431. The Morgan fingerprint density at radius 2 is 1.38 bits per heavy atom. The molecule has 5 nitrogen and oxygen atoms in total. The molecule has 29 heavy (non-hydrogen) atoms. The second-order valence-corrected chi connectivity index (χ2v) is 7.87. The van der Waals surface area contributed by atoms with Gasteiger partial charge >= 0.3 is 11.5 Å². The van der Waals surface area contributed by atoms with Crippen LogP contribution in [0.1, 0.15) is 36.0 Å². The van der Waals surface area contributed by atoms with Gasteiger partial charge in [0.25, 0.3) is 0 Å². The average molecular weight is 415 g/mol. The summed E-state index contributed by atoms with van der Waals surface area (Å²) in [6, 6.07) is 21.4. The maximum absolute atomic E-state index is 8.49. The van der Waals surface area contributed by atoms with Crippen molar-refractivity contribution < 1.29 is 33.3 Å². The van der Waals surface area contributed by atoms with Crippen molar-refractivity contribution in [2.24, 2.45) is 0 Å². The predicted octanol–water partition coefficient (Wildman–Crippen LogP) is 1.72. The molecule has 6 heteroatoms. The van der Waals surface area contributed by atoms with Crippen LogP contribution in [0.15, 0.2) is 65.1 Å². The molecule has 0 unspecified atom stereocenters. The molecule has 3 aromatic rings. The van der Waals surface area contributed by atoms with E-state index in [2.05, 4.69) is 61.5 Å². The summed E-state index contributed by atoms with van der Waals surface area (Å²) in [5.74, 6) is 2.04. The van der Waals surface area contributed by atoms with Crippen molar-refractivity contribution in [2.45, 2.75) is 39.0 Å². The number of rotatable bonds is 2. The third-order valence-electron chi connectivity index (χ3n) is 4.92. The van der Waals surface area contributed by atoms with Gasteiger partial charge in [-0.2, -0.15) is 0 Å². The molecule has 0 atom stereocenters. The third kappa shape index (κ3) is 6.35. The largest absolute Gasteiger partial charge is 0.364 e. The molecule has 0 saturated heterocycles. The summed E-state index contributed by atoms with van der Waals surface area (Å²) in [4.78, 5) is 0. The first-order chi connectivity index (χ1) is 13.8. The van der Waals surface area contributed by atoms with Gasteiger partial charge in [0.1, 0.15) is 0 Å². The molecule has 1 aliphatic rings. The van der Waals surface area contributed by atoms with E-state index in [1.165, 1.54) is 41.5 Å². The minimum atomic E-state index is -4.94. The van der Waals surface area contributed by atoms with Gasteiger partial charge in [-0.3, -0.25) is 0 Å². The fourth-order valence-electron chi connectivity index (χ4n) is 3.57. The highest BCUT2D eigenvalue weighted by molar-refractivity contribution is 5.68. The Morgan fingerprint density at radius 1 is 0.759 bits per heavy atom. The summed E-state index contributed by atoms with van der Waals surface area (Å²) >= 11 is 0. The zero-order valence-electron chi connectivity index (χ0n) is 16.2. The van der Waals surface area contributed by atoms with Gasteiger partial charge in [0, 0.05) is 6.07 Å². The van der Waals surface area contributed by atoms with Crippen molar-refractivity contribution in [2.75, 3.05) is 0 Å². The fraction of sp³-hybridized carbons (Fsp3) is 0.261. The lowest BCUT2D eigenvalue weighted by Crippen LogP contribution is -2.68. The van der Waals surface area contributed by atoms with Crippen molar-refractivity contribution in [1.82, 2.24) is 0 Å². The SMILES string of the molecule is Cc1ccc(-c2[o+]c(-c3ccccc3)cc3c2CCCCC3)cc1.[O-][Cl+3]([O-])([O-])[O-]. The normalized spacial score (nSPS) is 13.7. The van der Waals surface area contributed by atoms with Gasteiger partial charge in [-0.1, -0.05) is 42.3 Å². The van der Waals surface area contributed by atoms with Crippen LogP contribution in [0.4, 0.5) is 0 Å². The topological polar surface area (TPSA) is 104 Å². The van der Waals surface area contributed by atoms with Crippen molar-refractivity contribution in [1.29, 1.82) is 0 Å². The minimum absolute atomic E-state index is 0.979. The van der Waals surface area contributed by atoms with E-state index in [-0.39, 0.29) is 0 Å². The Morgan fingerprint density at radius 3 is 2.03 bits per heavy atom. The molecule has 0 amide bonds. The van der Waals surface area contributed by atoms with Crippen LogP contribution in [-0.2, 0) is 12.8 Å². The number of hydrogen-bond acceptors (Lipinski definition) is 4. The van der Waals surface area contributed by atoms with E-state index in [9.17, 15) is 0 Å².